The summed E-state index contributed by atoms with van der Waals surface area (Å²) >= 11 is 0. The van der Waals surface area contributed by atoms with Gasteiger partial charge >= 0.3 is 0 Å². The zero-order valence-electron chi connectivity index (χ0n) is 16.0. The predicted molar refractivity (Wildman–Crippen MR) is 109 cm³/mol. The highest BCUT2D eigenvalue weighted by Crippen LogP contribution is 2.24. The number of hydrogen-bond donors (Lipinski definition) is 2. The molecule has 0 unspecified atom stereocenters. The normalized spacial score (nSPS) is 12.2. The monoisotopic (exact) mass is 393 g/mol. The average Bonchev–Trinajstić information content (AvgIpc) is 2.95. The molecule has 0 amide bonds. The molecule has 0 fully saturated rings. The number of anilines is 2. The number of hydrogen-bond acceptors (Lipinski definition) is 7. The summed E-state index contributed by atoms with van der Waals surface area (Å²) in [7, 11) is 0. The number of imidazole rings is 1. The highest BCUT2D eigenvalue weighted by atomic mass is 19.1. The van der Waals surface area contributed by atoms with Gasteiger partial charge in [-0.15, -0.1) is 0 Å². The molecule has 4 heterocycles. The maximum absolute atomic E-state index is 13.3. The number of rotatable bonds is 5. The third kappa shape index (κ3) is 3.93. The van der Waals surface area contributed by atoms with Crippen LogP contribution in [0.1, 0.15) is 12.7 Å². The van der Waals surface area contributed by atoms with Crippen molar-refractivity contribution >= 4 is 22.8 Å². The summed E-state index contributed by atoms with van der Waals surface area (Å²) in [6.45, 7) is 4.25. The number of fused-ring (bicyclic) bond motifs is 1. The van der Waals surface area contributed by atoms with E-state index >= 15 is 0 Å². The molecule has 4 N–H and O–H groups in total. The van der Waals surface area contributed by atoms with Crippen molar-refractivity contribution in [2.75, 3.05) is 11.5 Å². The molecule has 0 bridgehead atoms. The molecule has 4 aromatic rings. The lowest BCUT2D eigenvalue weighted by Crippen LogP contribution is -2.21. The molecule has 0 saturated heterocycles. The van der Waals surface area contributed by atoms with Gasteiger partial charge < -0.3 is 20.8 Å². The van der Waals surface area contributed by atoms with E-state index in [-0.39, 0.29) is 12.0 Å². The molecular formula is C20H20FN7O. The predicted octanol–water partition coefficient (Wildman–Crippen LogP) is 2.97. The van der Waals surface area contributed by atoms with Gasteiger partial charge in [-0.05, 0) is 44.2 Å². The van der Waals surface area contributed by atoms with Crippen molar-refractivity contribution in [3.8, 4) is 17.1 Å². The molecule has 0 spiro atoms. The molecule has 0 aliphatic rings. The van der Waals surface area contributed by atoms with Crippen LogP contribution in [0.4, 0.5) is 16.0 Å². The van der Waals surface area contributed by atoms with E-state index in [4.69, 9.17) is 21.2 Å². The second kappa shape index (κ2) is 7.34. The number of nitrogens with zero attached hydrogens (tertiary/aromatic N) is 5. The Morgan fingerprint density at radius 1 is 1.03 bits per heavy atom. The summed E-state index contributed by atoms with van der Waals surface area (Å²) in [5.74, 6) is 1.10. The van der Waals surface area contributed by atoms with Gasteiger partial charge in [-0.25, -0.2) is 15.0 Å². The molecule has 9 heteroatoms. The molecule has 0 saturated carbocycles. The molecule has 0 aromatic carbocycles. The minimum atomic E-state index is -0.582. The van der Waals surface area contributed by atoms with E-state index in [1.54, 1.807) is 24.3 Å². The molecule has 1 atom stereocenters. The van der Waals surface area contributed by atoms with Crippen LogP contribution in [0.15, 0.2) is 42.5 Å². The van der Waals surface area contributed by atoms with Crippen LogP contribution in [-0.2, 0) is 6.54 Å². The maximum atomic E-state index is 13.3. The van der Waals surface area contributed by atoms with Gasteiger partial charge in [0, 0.05) is 11.6 Å². The minimum absolute atomic E-state index is 0.232. The Kier molecular flexibility index (Phi) is 4.71. The third-order valence-corrected chi connectivity index (χ3v) is 4.39. The van der Waals surface area contributed by atoms with E-state index in [1.165, 1.54) is 6.07 Å². The van der Waals surface area contributed by atoms with Gasteiger partial charge in [0.2, 0.25) is 11.8 Å². The SMILES string of the molecule is Cc1nc2ccc(-c3cc(N)nc(N)c3)nc2n1C[C@@H](C)Oc1cccc(F)n1. The topological polar surface area (TPSA) is 118 Å². The van der Waals surface area contributed by atoms with Gasteiger partial charge in [0.15, 0.2) is 5.65 Å². The first-order valence-electron chi connectivity index (χ1n) is 9.05. The number of aryl methyl sites for hydroxylation is 1. The molecule has 8 nitrogen and oxygen atoms in total. The van der Waals surface area contributed by atoms with Gasteiger partial charge in [-0.2, -0.15) is 9.37 Å². The average molecular weight is 393 g/mol. The smallest absolute Gasteiger partial charge is 0.216 e. The lowest BCUT2D eigenvalue weighted by atomic mass is 10.1. The van der Waals surface area contributed by atoms with Crippen molar-refractivity contribution in [1.82, 2.24) is 24.5 Å². The number of nitrogen functional groups attached to an aromatic ring is 2. The molecule has 0 aliphatic carbocycles. The second-order valence-electron chi connectivity index (χ2n) is 6.74. The first-order chi connectivity index (χ1) is 13.9. The van der Waals surface area contributed by atoms with Crippen LogP contribution in [0.2, 0.25) is 0 Å². The molecule has 4 rings (SSSR count). The highest BCUT2D eigenvalue weighted by molar-refractivity contribution is 5.77. The van der Waals surface area contributed by atoms with E-state index in [1.807, 2.05) is 30.5 Å². The first kappa shape index (κ1) is 18.6. The van der Waals surface area contributed by atoms with E-state index in [2.05, 4.69) is 15.0 Å². The van der Waals surface area contributed by atoms with E-state index in [0.29, 0.717) is 29.5 Å². The minimum Gasteiger partial charge on any atom is -0.473 e. The summed E-state index contributed by atoms with van der Waals surface area (Å²) in [6.07, 6.45) is -0.280. The largest absolute Gasteiger partial charge is 0.473 e. The Hall–Kier alpha value is -3.75. The van der Waals surface area contributed by atoms with Crippen LogP contribution in [0.5, 0.6) is 5.88 Å². The maximum Gasteiger partial charge on any atom is 0.216 e. The van der Waals surface area contributed by atoms with E-state index in [9.17, 15) is 4.39 Å². The Labute approximate surface area is 166 Å². The zero-order valence-corrected chi connectivity index (χ0v) is 16.0. The van der Waals surface area contributed by atoms with Crippen molar-refractivity contribution in [3.63, 3.8) is 0 Å². The summed E-state index contributed by atoms with van der Waals surface area (Å²) in [6, 6.07) is 11.7. The number of halogens is 1. The Morgan fingerprint density at radius 3 is 2.52 bits per heavy atom. The molecule has 4 aromatic heterocycles. The van der Waals surface area contributed by atoms with Crippen molar-refractivity contribution < 1.29 is 9.13 Å². The van der Waals surface area contributed by atoms with Gasteiger partial charge in [-0.3, -0.25) is 0 Å². The van der Waals surface area contributed by atoms with Gasteiger partial charge in [0.1, 0.15) is 29.1 Å². The zero-order chi connectivity index (χ0) is 20.5. The quantitative estimate of drug-likeness (QED) is 0.501. The van der Waals surface area contributed by atoms with Crippen LogP contribution in [-0.4, -0.2) is 30.6 Å². The van der Waals surface area contributed by atoms with Crippen LogP contribution in [0.3, 0.4) is 0 Å². The molecule has 0 radical (unpaired) electrons. The summed E-state index contributed by atoms with van der Waals surface area (Å²) < 4.78 is 21.0. The Bertz CT molecular complexity index is 1170. The fraction of sp³-hybridized carbons (Fsp3) is 0.200. The molecule has 148 valence electrons. The fourth-order valence-corrected chi connectivity index (χ4v) is 3.17. The van der Waals surface area contributed by atoms with E-state index < -0.39 is 5.95 Å². The van der Waals surface area contributed by atoms with Crippen molar-refractivity contribution in [1.29, 1.82) is 0 Å². The number of nitrogens with two attached hydrogens (primary N) is 2. The van der Waals surface area contributed by atoms with Crippen molar-refractivity contribution in [2.24, 2.45) is 0 Å². The van der Waals surface area contributed by atoms with Gasteiger partial charge in [0.05, 0.1) is 12.2 Å². The second-order valence-corrected chi connectivity index (χ2v) is 6.74. The number of pyridine rings is 3. The highest BCUT2D eigenvalue weighted by Gasteiger charge is 2.15. The Morgan fingerprint density at radius 2 is 1.79 bits per heavy atom. The lowest BCUT2D eigenvalue weighted by Gasteiger charge is -2.16. The van der Waals surface area contributed by atoms with Crippen LogP contribution >= 0.6 is 0 Å². The standard InChI is InChI=1S/C20H20FN7O/c1-11(29-19-5-3-4-16(21)26-19)10-28-12(2)24-15-7-6-14(25-20(15)28)13-8-17(22)27-18(23)9-13/h3-9,11H,10H2,1-2H3,(H4,22,23,27)/t11-/m1/s1. The van der Waals surface area contributed by atoms with Crippen LogP contribution in [0, 0.1) is 12.9 Å². The van der Waals surface area contributed by atoms with Crippen LogP contribution < -0.4 is 16.2 Å². The summed E-state index contributed by atoms with van der Waals surface area (Å²) in [5.41, 5.74) is 14.6. The molecule has 0 aliphatic heterocycles. The fourth-order valence-electron chi connectivity index (χ4n) is 3.17. The van der Waals surface area contributed by atoms with Gasteiger partial charge in [-0.1, -0.05) is 6.07 Å². The number of aromatic nitrogens is 5. The van der Waals surface area contributed by atoms with Crippen molar-refractivity contribution in [2.45, 2.75) is 26.5 Å². The third-order valence-electron chi connectivity index (χ3n) is 4.39. The molecule has 29 heavy (non-hydrogen) atoms. The van der Waals surface area contributed by atoms with E-state index in [0.717, 1.165) is 16.9 Å². The first-order valence-corrected chi connectivity index (χ1v) is 9.05. The summed E-state index contributed by atoms with van der Waals surface area (Å²) in [5, 5.41) is 0. The molecular weight excluding hydrogens is 373 g/mol. The lowest BCUT2D eigenvalue weighted by molar-refractivity contribution is 0.190. The number of ether oxygens (including phenoxy) is 1. The van der Waals surface area contributed by atoms with Gasteiger partial charge in [0.25, 0.3) is 0 Å². The van der Waals surface area contributed by atoms with Crippen molar-refractivity contribution in [3.05, 3.63) is 54.2 Å². The summed E-state index contributed by atoms with van der Waals surface area (Å²) in [4.78, 5) is 17.0. The Balaban J connectivity index is 1.66. The van der Waals surface area contributed by atoms with Crippen LogP contribution in [0.25, 0.3) is 22.4 Å².